The van der Waals surface area contributed by atoms with Gasteiger partial charge in [0.15, 0.2) is 0 Å². The van der Waals surface area contributed by atoms with E-state index in [0.29, 0.717) is 37.0 Å². The SMILES string of the molecule is C/C=C(\CC(C1CC1)C(C)(C)CC)C1CC=Cc2c1cccc2S(=O)(=O)N1CCN(CC(=O)O)CC1. The number of piperazine rings is 1. The van der Waals surface area contributed by atoms with Gasteiger partial charge >= 0.3 is 5.97 Å². The second kappa shape index (κ2) is 10.8. The molecule has 0 radical (unpaired) electrons. The van der Waals surface area contributed by atoms with Crippen LogP contribution >= 0.6 is 0 Å². The molecule has 1 aliphatic heterocycles. The first kappa shape index (κ1) is 27.1. The molecule has 1 aromatic rings. The Morgan fingerprint density at radius 1 is 1.19 bits per heavy atom. The van der Waals surface area contributed by atoms with Crippen molar-refractivity contribution in [3.8, 4) is 0 Å². The zero-order chi connectivity index (χ0) is 26.1. The number of sulfonamides is 1. The van der Waals surface area contributed by atoms with Crippen molar-refractivity contribution in [1.29, 1.82) is 0 Å². The molecule has 1 heterocycles. The lowest BCUT2D eigenvalue weighted by Gasteiger charge is -2.37. The Balaban J connectivity index is 1.59. The predicted molar refractivity (Wildman–Crippen MR) is 144 cm³/mol. The van der Waals surface area contributed by atoms with Gasteiger partial charge in [-0.2, -0.15) is 4.31 Å². The average molecular weight is 515 g/mol. The summed E-state index contributed by atoms with van der Waals surface area (Å²) in [7, 11) is -3.68. The second-order valence-electron chi connectivity index (χ2n) is 11.4. The molecule has 1 saturated heterocycles. The standard InChI is InChI=1S/C29H42N2O4S/c1-5-21(19-26(22-13-14-22)29(3,4)6-2)23-9-7-11-25-24(23)10-8-12-27(25)36(34,35)31-17-15-30(16-18-31)20-28(32)33/h5,7-8,10-12,22-23,26H,6,9,13-20H2,1-4H3,(H,32,33)/b21-5+. The van der Waals surface area contributed by atoms with Crippen molar-refractivity contribution in [2.75, 3.05) is 32.7 Å². The molecule has 1 saturated carbocycles. The highest BCUT2D eigenvalue weighted by molar-refractivity contribution is 7.89. The summed E-state index contributed by atoms with van der Waals surface area (Å²) in [6, 6.07) is 5.72. The highest BCUT2D eigenvalue weighted by atomic mass is 32.2. The molecule has 2 atom stereocenters. The predicted octanol–water partition coefficient (Wildman–Crippen LogP) is 5.38. The third kappa shape index (κ3) is 5.63. The van der Waals surface area contributed by atoms with E-state index >= 15 is 0 Å². The van der Waals surface area contributed by atoms with Gasteiger partial charge in [-0.05, 0) is 67.1 Å². The quantitative estimate of drug-likeness (QED) is 0.424. The summed E-state index contributed by atoms with van der Waals surface area (Å²) in [5.41, 5.74) is 3.64. The third-order valence-corrected chi connectivity index (χ3v) is 10.8. The molecular weight excluding hydrogens is 472 g/mol. The van der Waals surface area contributed by atoms with Crippen LogP contribution < -0.4 is 0 Å². The average Bonchev–Trinajstić information content (AvgIpc) is 3.69. The summed E-state index contributed by atoms with van der Waals surface area (Å²) in [5.74, 6) is 0.772. The number of nitrogens with zero attached hydrogens (tertiary/aromatic N) is 2. The van der Waals surface area contributed by atoms with Gasteiger partial charge in [-0.25, -0.2) is 8.42 Å². The summed E-state index contributed by atoms with van der Waals surface area (Å²) in [5, 5.41) is 9.05. The zero-order valence-electron chi connectivity index (χ0n) is 22.2. The van der Waals surface area contributed by atoms with Gasteiger partial charge in [-0.15, -0.1) is 0 Å². The molecule has 36 heavy (non-hydrogen) atoms. The van der Waals surface area contributed by atoms with Gasteiger partial charge in [0.05, 0.1) is 11.4 Å². The molecule has 4 rings (SSSR count). The molecule has 6 nitrogen and oxygen atoms in total. The fraction of sp³-hybridized carbons (Fsp3) is 0.621. The van der Waals surface area contributed by atoms with Crippen LogP contribution in [0.2, 0.25) is 0 Å². The molecular formula is C29H42N2O4S. The van der Waals surface area contributed by atoms with Crippen LogP contribution in [0.15, 0.2) is 40.8 Å². The lowest BCUT2D eigenvalue weighted by molar-refractivity contribution is -0.138. The Morgan fingerprint density at radius 2 is 1.89 bits per heavy atom. The number of hydrogen-bond acceptors (Lipinski definition) is 4. The maximum absolute atomic E-state index is 13.7. The molecule has 2 aliphatic carbocycles. The third-order valence-electron chi connectivity index (χ3n) is 8.82. The molecule has 0 aromatic heterocycles. The highest BCUT2D eigenvalue weighted by Crippen LogP contribution is 2.52. The van der Waals surface area contributed by atoms with Crippen LogP contribution in [0.1, 0.15) is 76.8 Å². The van der Waals surface area contributed by atoms with Crippen LogP contribution in [-0.4, -0.2) is 61.4 Å². The number of carboxylic acids is 1. The first-order valence-corrected chi connectivity index (χ1v) is 14.9. The minimum atomic E-state index is -3.68. The first-order valence-electron chi connectivity index (χ1n) is 13.5. The van der Waals surface area contributed by atoms with E-state index < -0.39 is 16.0 Å². The number of rotatable bonds is 10. The summed E-state index contributed by atoms with van der Waals surface area (Å²) in [6.45, 7) is 10.6. The molecule has 7 heteroatoms. The summed E-state index contributed by atoms with van der Waals surface area (Å²) in [4.78, 5) is 13.2. The number of aliphatic carboxylic acids is 1. The second-order valence-corrected chi connectivity index (χ2v) is 13.3. The number of fused-ring (bicyclic) bond motifs is 1. The Labute approximate surface area is 217 Å². The van der Waals surface area contributed by atoms with Gasteiger partial charge in [0, 0.05) is 32.1 Å². The molecule has 0 spiro atoms. The zero-order valence-corrected chi connectivity index (χ0v) is 23.1. The van der Waals surface area contributed by atoms with Gasteiger partial charge in [-0.1, -0.05) is 63.1 Å². The fourth-order valence-electron chi connectivity index (χ4n) is 6.08. The van der Waals surface area contributed by atoms with E-state index in [-0.39, 0.29) is 17.9 Å². The van der Waals surface area contributed by atoms with E-state index in [2.05, 4.69) is 45.9 Å². The summed E-state index contributed by atoms with van der Waals surface area (Å²) < 4.78 is 29.0. The van der Waals surface area contributed by atoms with Gasteiger partial charge < -0.3 is 5.11 Å². The summed E-state index contributed by atoms with van der Waals surface area (Å²) in [6.07, 6.45) is 12.2. The molecule has 0 amide bonds. The fourth-order valence-corrected chi connectivity index (χ4v) is 7.72. The number of carboxylic acid groups (broad SMARTS) is 1. The van der Waals surface area contributed by atoms with Crippen molar-refractivity contribution in [3.63, 3.8) is 0 Å². The molecule has 3 aliphatic rings. The van der Waals surface area contributed by atoms with E-state index in [9.17, 15) is 13.2 Å². The topological polar surface area (TPSA) is 77.9 Å². The van der Waals surface area contributed by atoms with Crippen molar-refractivity contribution in [3.05, 3.63) is 47.1 Å². The van der Waals surface area contributed by atoms with Crippen molar-refractivity contribution in [1.82, 2.24) is 9.21 Å². The normalized spacial score (nSPS) is 22.9. The minimum absolute atomic E-state index is 0.0537. The van der Waals surface area contributed by atoms with E-state index in [4.69, 9.17) is 5.11 Å². The van der Waals surface area contributed by atoms with Crippen molar-refractivity contribution < 1.29 is 18.3 Å². The van der Waals surface area contributed by atoms with Crippen LogP contribution in [0, 0.1) is 17.3 Å². The van der Waals surface area contributed by atoms with Gasteiger partial charge in [0.25, 0.3) is 0 Å². The van der Waals surface area contributed by atoms with Crippen molar-refractivity contribution >= 4 is 22.1 Å². The maximum Gasteiger partial charge on any atom is 0.317 e. The molecule has 2 unspecified atom stereocenters. The molecule has 198 valence electrons. The van der Waals surface area contributed by atoms with Crippen LogP contribution in [0.25, 0.3) is 6.08 Å². The van der Waals surface area contributed by atoms with Crippen molar-refractivity contribution in [2.24, 2.45) is 17.3 Å². The highest BCUT2D eigenvalue weighted by Gasteiger charge is 2.41. The Hall–Kier alpha value is -1.96. The van der Waals surface area contributed by atoms with Crippen LogP contribution in [0.5, 0.6) is 0 Å². The summed E-state index contributed by atoms with van der Waals surface area (Å²) >= 11 is 0. The minimum Gasteiger partial charge on any atom is -0.480 e. The van der Waals surface area contributed by atoms with E-state index in [1.54, 1.807) is 11.0 Å². The monoisotopic (exact) mass is 514 g/mol. The van der Waals surface area contributed by atoms with Crippen LogP contribution in [0.4, 0.5) is 0 Å². The smallest absolute Gasteiger partial charge is 0.317 e. The van der Waals surface area contributed by atoms with Crippen LogP contribution in [0.3, 0.4) is 0 Å². The van der Waals surface area contributed by atoms with E-state index in [1.165, 1.54) is 22.7 Å². The number of benzene rings is 1. The van der Waals surface area contributed by atoms with Gasteiger partial charge in [0.1, 0.15) is 0 Å². The molecule has 2 fully saturated rings. The molecule has 1 aromatic carbocycles. The molecule has 1 N–H and O–H groups in total. The Bertz CT molecular complexity index is 1130. The van der Waals surface area contributed by atoms with Gasteiger partial charge in [0.2, 0.25) is 10.0 Å². The first-order chi connectivity index (χ1) is 17.1. The van der Waals surface area contributed by atoms with E-state index in [0.717, 1.165) is 36.3 Å². The number of carbonyl (C=O) groups is 1. The Kier molecular flexibility index (Phi) is 8.13. The Morgan fingerprint density at radius 3 is 2.47 bits per heavy atom. The molecule has 0 bridgehead atoms. The maximum atomic E-state index is 13.7. The number of allylic oxidation sites excluding steroid dienone is 3. The number of hydrogen-bond donors (Lipinski definition) is 1. The van der Waals surface area contributed by atoms with Crippen molar-refractivity contribution in [2.45, 2.75) is 70.6 Å². The largest absolute Gasteiger partial charge is 0.480 e. The van der Waals surface area contributed by atoms with E-state index in [1.807, 2.05) is 12.1 Å². The lowest BCUT2D eigenvalue weighted by Crippen LogP contribution is -2.49. The van der Waals surface area contributed by atoms with Crippen LogP contribution in [-0.2, 0) is 14.8 Å². The van der Waals surface area contributed by atoms with Gasteiger partial charge in [-0.3, -0.25) is 9.69 Å². The lowest BCUT2D eigenvalue weighted by atomic mass is 9.68.